The minimum Gasteiger partial charge on any atom is -0.397 e. The number of nitrogen functional groups attached to an aromatic ring is 1. The van der Waals surface area contributed by atoms with Crippen LogP contribution in [0.15, 0.2) is 23.1 Å². The van der Waals surface area contributed by atoms with E-state index in [2.05, 4.69) is 26.1 Å². The highest BCUT2D eigenvalue weighted by Gasteiger charge is 2.18. The van der Waals surface area contributed by atoms with Crippen LogP contribution in [0.25, 0.3) is 0 Å². The van der Waals surface area contributed by atoms with E-state index in [0.717, 1.165) is 12.2 Å². The largest absolute Gasteiger partial charge is 0.397 e. The molecule has 1 aromatic carbocycles. The molecule has 0 fully saturated rings. The molecular weight excluding hydrogens is 262 g/mol. The van der Waals surface area contributed by atoms with Crippen molar-refractivity contribution in [3.05, 3.63) is 18.2 Å². The van der Waals surface area contributed by atoms with Gasteiger partial charge in [-0.1, -0.05) is 20.8 Å². The zero-order valence-corrected chi connectivity index (χ0v) is 13.0. The molecule has 0 aliphatic rings. The fourth-order valence-electron chi connectivity index (χ4n) is 1.43. The number of benzene rings is 1. The lowest BCUT2D eigenvalue weighted by Crippen LogP contribution is -2.23. The second kappa shape index (κ2) is 5.38. The predicted octanol–water partition coefficient (Wildman–Crippen LogP) is 1.98. The molecule has 3 N–H and O–H groups in total. The highest BCUT2D eigenvalue weighted by atomic mass is 32.2. The van der Waals surface area contributed by atoms with Crippen LogP contribution in [0.4, 0.5) is 11.4 Å². The van der Waals surface area contributed by atoms with Crippen LogP contribution in [0.3, 0.4) is 0 Å². The van der Waals surface area contributed by atoms with E-state index in [1.54, 1.807) is 12.1 Å². The summed E-state index contributed by atoms with van der Waals surface area (Å²) in [5, 5.41) is 3.23. The van der Waals surface area contributed by atoms with Crippen molar-refractivity contribution in [1.29, 1.82) is 0 Å². The SMILES string of the molecule is CN(C)S(=O)(=O)c1ccc(NCC(C)(C)C)c(N)c1. The van der Waals surface area contributed by atoms with Crippen LogP contribution in [0.5, 0.6) is 0 Å². The monoisotopic (exact) mass is 285 g/mol. The number of nitrogens with zero attached hydrogens (tertiary/aromatic N) is 1. The first-order valence-corrected chi connectivity index (χ1v) is 7.54. The van der Waals surface area contributed by atoms with E-state index in [0.29, 0.717) is 5.69 Å². The maximum absolute atomic E-state index is 12.0. The van der Waals surface area contributed by atoms with Crippen molar-refractivity contribution < 1.29 is 8.42 Å². The van der Waals surface area contributed by atoms with E-state index < -0.39 is 10.0 Å². The van der Waals surface area contributed by atoms with Crippen LogP contribution in [0.2, 0.25) is 0 Å². The molecule has 1 rings (SSSR count). The predicted molar refractivity (Wildman–Crippen MR) is 79.7 cm³/mol. The Bertz CT molecular complexity index is 545. The smallest absolute Gasteiger partial charge is 0.242 e. The van der Waals surface area contributed by atoms with Gasteiger partial charge in [-0.25, -0.2) is 12.7 Å². The second-order valence-corrected chi connectivity index (χ2v) is 8.10. The van der Waals surface area contributed by atoms with Crippen molar-refractivity contribution in [3.8, 4) is 0 Å². The average molecular weight is 285 g/mol. The van der Waals surface area contributed by atoms with E-state index >= 15 is 0 Å². The Morgan fingerprint density at radius 2 is 1.84 bits per heavy atom. The molecule has 19 heavy (non-hydrogen) atoms. The zero-order chi connectivity index (χ0) is 14.8. The van der Waals surface area contributed by atoms with Crippen molar-refractivity contribution in [2.45, 2.75) is 25.7 Å². The number of anilines is 2. The van der Waals surface area contributed by atoms with E-state index in [1.165, 1.54) is 24.5 Å². The van der Waals surface area contributed by atoms with Gasteiger partial charge >= 0.3 is 0 Å². The Labute approximate surface area is 115 Å². The van der Waals surface area contributed by atoms with Crippen molar-refractivity contribution in [2.24, 2.45) is 5.41 Å². The van der Waals surface area contributed by atoms with Gasteiger partial charge in [0.15, 0.2) is 0 Å². The summed E-state index contributed by atoms with van der Waals surface area (Å²) < 4.78 is 25.1. The molecule has 0 aromatic heterocycles. The van der Waals surface area contributed by atoms with Crippen LogP contribution in [-0.4, -0.2) is 33.4 Å². The Balaban J connectivity index is 2.99. The maximum atomic E-state index is 12.0. The summed E-state index contributed by atoms with van der Waals surface area (Å²) in [6.45, 7) is 7.10. The van der Waals surface area contributed by atoms with Crippen LogP contribution in [0, 0.1) is 5.41 Å². The summed E-state index contributed by atoms with van der Waals surface area (Å²) in [5.41, 5.74) is 7.22. The molecule has 0 aliphatic carbocycles. The minimum atomic E-state index is -3.43. The number of rotatable bonds is 4. The first kappa shape index (κ1) is 15.8. The Morgan fingerprint density at radius 3 is 2.26 bits per heavy atom. The quantitative estimate of drug-likeness (QED) is 0.829. The third kappa shape index (κ3) is 4.11. The molecule has 0 atom stereocenters. The van der Waals surface area contributed by atoms with Gasteiger partial charge in [-0.3, -0.25) is 0 Å². The number of nitrogens with one attached hydrogen (secondary N) is 1. The first-order chi connectivity index (χ1) is 8.54. The number of sulfonamides is 1. The summed E-state index contributed by atoms with van der Waals surface area (Å²) in [6.07, 6.45) is 0. The molecule has 108 valence electrons. The summed E-state index contributed by atoms with van der Waals surface area (Å²) in [4.78, 5) is 0.205. The Morgan fingerprint density at radius 1 is 1.26 bits per heavy atom. The third-order valence-electron chi connectivity index (χ3n) is 2.61. The van der Waals surface area contributed by atoms with Gasteiger partial charge in [0, 0.05) is 20.6 Å². The third-order valence-corrected chi connectivity index (χ3v) is 4.42. The minimum absolute atomic E-state index is 0.126. The molecule has 0 unspecified atom stereocenters. The molecule has 0 heterocycles. The summed E-state index contributed by atoms with van der Waals surface area (Å²) >= 11 is 0. The first-order valence-electron chi connectivity index (χ1n) is 6.10. The van der Waals surface area contributed by atoms with Gasteiger partial charge < -0.3 is 11.1 Å². The molecule has 1 aromatic rings. The number of hydrogen-bond donors (Lipinski definition) is 2. The highest BCUT2D eigenvalue weighted by Crippen LogP contribution is 2.25. The fourth-order valence-corrected chi connectivity index (χ4v) is 2.37. The lowest BCUT2D eigenvalue weighted by atomic mass is 9.97. The Kier molecular flexibility index (Phi) is 4.47. The second-order valence-electron chi connectivity index (χ2n) is 5.95. The molecule has 0 aliphatic heterocycles. The van der Waals surface area contributed by atoms with E-state index in [-0.39, 0.29) is 10.3 Å². The average Bonchev–Trinajstić information content (AvgIpc) is 2.25. The van der Waals surface area contributed by atoms with Gasteiger partial charge in [0.05, 0.1) is 16.3 Å². The molecule has 6 heteroatoms. The number of nitrogens with two attached hydrogens (primary N) is 1. The van der Waals surface area contributed by atoms with Crippen LogP contribution >= 0.6 is 0 Å². The molecule has 0 radical (unpaired) electrons. The van der Waals surface area contributed by atoms with Crippen molar-refractivity contribution in [3.63, 3.8) is 0 Å². The van der Waals surface area contributed by atoms with Gasteiger partial charge in [-0.05, 0) is 23.6 Å². The topological polar surface area (TPSA) is 75.4 Å². The van der Waals surface area contributed by atoms with Gasteiger partial charge in [0.1, 0.15) is 0 Å². The molecule has 0 spiro atoms. The molecule has 0 bridgehead atoms. The molecule has 0 saturated heterocycles. The fraction of sp³-hybridized carbons (Fsp3) is 0.538. The van der Waals surface area contributed by atoms with Crippen LogP contribution in [-0.2, 0) is 10.0 Å². The van der Waals surface area contributed by atoms with Gasteiger partial charge in [-0.2, -0.15) is 0 Å². The Hall–Kier alpha value is -1.27. The van der Waals surface area contributed by atoms with Gasteiger partial charge in [-0.15, -0.1) is 0 Å². The summed E-state index contributed by atoms with van der Waals surface area (Å²) in [6, 6.07) is 4.76. The maximum Gasteiger partial charge on any atom is 0.242 e. The van der Waals surface area contributed by atoms with Gasteiger partial charge in [0.25, 0.3) is 0 Å². The summed E-state index contributed by atoms with van der Waals surface area (Å²) in [5.74, 6) is 0. The standard InChI is InChI=1S/C13H23N3O2S/c1-13(2,3)9-15-12-7-6-10(8-11(12)14)19(17,18)16(4)5/h6-8,15H,9,14H2,1-5H3. The van der Waals surface area contributed by atoms with E-state index in [9.17, 15) is 8.42 Å². The van der Waals surface area contributed by atoms with Crippen LogP contribution < -0.4 is 11.1 Å². The molecule has 0 amide bonds. The number of hydrogen-bond acceptors (Lipinski definition) is 4. The normalized spacial score (nSPS) is 12.7. The summed E-state index contributed by atoms with van der Waals surface area (Å²) in [7, 11) is -0.439. The highest BCUT2D eigenvalue weighted by molar-refractivity contribution is 7.89. The zero-order valence-electron chi connectivity index (χ0n) is 12.2. The van der Waals surface area contributed by atoms with E-state index in [1.807, 2.05) is 0 Å². The molecule has 5 nitrogen and oxygen atoms in total. The lowest BCUT2D eigenvalue weighted by molar-refractivity contribution is 0.443. The van der Waals surface area contributed by atoms with Crippen molar-refractivity contribution >= 4 is 21.4 Å². The van der Waals surface area contributed by atoms with E-state index in [4.69, 9.17) is 5.73 Å². The van der Waals surface area contributed by atoms with Gasteiger partial charge in [0.2, 0.25) is 10.0 Å². The molecule has 0 saturated carbocycles. The van der Waals surface area contributed by atoms with Crippen LogP contribution in [0.1, 0.15) is 20.8 Å². The molecular formula is C13H23N3O2S. The van der Waals surface area contributed by atoms with Crippen molar-refractivity contribution in [1.82, 2.24) is 4.31 Å². The lowest BCUT2D eigenvalue weighted by Gasteiger charge is -2.21. The van der Waals surface area contributed by atoms with Crippen molar-refractivity contribution in [2.75, 3.05) is 31.7 Å².